The lowest BCUT2D eigenvalue weighted by atomic mass is 10.1. The zero-order chi connectivity index (χ0) is 19.6. The number of H-pyrrole nitrogens is 1. The van der Waals surface area contributed by atoms with Crippen molar-refractivity contribution in [3.05, 3.63) is 64.3 Å². The molecule has 0 saturated carbocycles. The SMILES string of the molecule is Cc1cc(C)c2cc(C(=O)NNC(=O)COc3ccc(C)c(C)c3)[nH]c2c1. The highest BCUT2D eigenvalue weighted by Gasteiger charge is 2.12. The maximum absolute atomic E-state index is 12.3. The summed E-state index contributed by atoms with van der Waals surface area (Å²) in [5, 5.41) is 0.982. The van der Waals surface area contributed by atoms with E-state index in [-0.39, 0.29) is 6.61 Å². The molecule has 1 aromatic heterocycles. The fraction of sp³-hybridized carbons (Fsp3) is 0.238. The Hall–Kier alpha value is -3.28. The minimum absolute atomic E-state index is 0.187. The molecule has 0 aliphatic heterocycles. The number of aromatic nitrogens is 1. The van der Waals surface area contributed by atoms with Crippen LogP contribution >= 0.6 is 0 Å². The number of carbonyl (C=O) groups is 2. The normalized spacial score (nSPS) is 10.7. The third-order valence-corrected chi connectivity index (χ3v) is 4.50. The summed E-state index contributed by atoms with van der Waals surface area (Å²) in [7, 11) is 0. The van der Waals surface area contributed by atoms with E-state index < -0.39 is 11.8 Å². The van der Waals surface area contributed by atoms with Crippen LogP contribution < -0.4 is 15.6 Å². The van der Waals surface area contributed by atoms with E-state index in [9.17, 15) is 9.59 Å². The molecule has 1 heterocycles. The summed E-state index contributed by atoms with van der Waals surface area (Å²) in [5.41, 5.74) is 10.5. The number of nitrogens with one attached hydrogen (secondary N) is 3. The van der Waals surface area contributed by atoms with Crippen molar-refractivity contribution in [2.45, 2.75) is 27.7 Å². The Kier molecular flexibility index (Phi) is 5.16. The van der Waals surface area contributed by atoms with E-state index in [0.29, 0.717) is 11.4 Å². The summed E-state index contributed by atoms with van der Waals surface area (Å²) < 4.78 is 5.45. The van der Waals surface area contributed by atoms with Gasteiger partial charge in [-0.25, -0.2) is 0 Å². The van der Waals surface area contributed by atoms with Crippen LogP contribution in [0.15, 0.2) is 36.4 Å². The van der Waals surface area contributed by atoms with E-state index in [1.165, 1.54) is 0 Å². The fourth-order valence-electron chi connectivity index (χ4n) is 2.90. The van der Waals surface area contributed by atoms with Gasteiger partial charge < -0.3 is 9.72 Å². The molecule has 2 aromatic carbocycles. The van der Waals surface area contributed by atoms with Crippen molar-refractivity contribution in [3.63, 3.8) is 0 Å². The number of amides is 2. The van der Waals surface area contributed by atoms with Crippen molar-refractivity contribution in [3.8, 4) is 5.75 Å². The maximum atomic E-state index is 12.3. The molecule has 3 aromatic rings. The van der Waals surface area contributed by atoms with Gasteiger partial charge in [-0.1, -0.05) is 12.1 Å². The van der Waals surface area contributed by atoms with Crippen LogP contribution in [0.5, 0.6) is 5.75 Å². The highest BCUT2D eigenvalue weighted by Crippen LogP contribution is 2.21. The summed E-state index contributed by atoms with van der Waals surface area (Å²) in [4.78, 5) is 27.3. The van der Waals surface area contributed by atoms with Crippen LogP contribution in [0, 0.1) is 27.7 Å². The molecule has 3 N–H and O–H groups in total. The van der Waals surface area contributed by atoms with Gasteiger partial charge >= 0.3 is 0 Å². The molecule has 0 unspecified atom stereocenters. The number of hydrogen-bond donors (Lipinski definition) is 3. The molecule has 2 amide bonds. The summed E-state index contributed by atoms with van der Waals surface area (Å²) in [6.07, 6.45) is 0. The zero-order valence-corrected chi connectivity index (χ0v) is 15.9. The number of rotatable bonds is 4. The van der Waals surface area contributed by atoms with Crippen LogP contribution in [0.1, 0.15) is 32.7 Å². The van der Waals surface area contributed by atoms with Gasteiger partial charge in [-0.3, -0.25) is 20.4 Å². The van der Waals surface area contributed by atoms with E-state index in [1.54, 1.807) is 6.07 Å². The van der Waals surface area contributed by atoms with E-state index >= 15 is 0 Å². The minimum Gasteiger partial charge on any atom is -0.484 e. The number of carbonyl (C=O) groups excluding carboxylic acids is 2. The van der Waals surface area contributed by atoms with Gasteiger partial charge in [0.2, 0.25) is 0 Å². The highest BCUT2D eigenvalue weighted by atomic mass is 16.5. The molecule has 0 aliphatic carbocycles. The van der Waals surface area contributed by atoms with Crippen molar-refractivity contribution < 1.29 is 14.3 Å². The Morgan fingerprint density at radius 3 is 2.44 bits per heavy atom. The Morgan fingerprint density at radius 2 is 1.70 bits per heavy atom. The Balaban J connectivity index is 1.56. The van der Waals surface area contributed by atoms with Gasteiger partial charge in [-0.15, -0.1) is 0 Å². The molecular weight excluding hydrogens is 342 g/mol. The third kappa shape index (κ3) is 4.28. The smallest absolute Gasteiger partial charge is 0.286 e. The summed E-state index contributed by atoms with van der Waals surface area (Å²) in [6, 6.07) is 11.4. The van der Waals surface area contributed by atoms with Crippen LogP contribution in [-0.2, 0) is 4.79 Å². The number of aromatic amines is 1. The number of hydrazine groups is 1. The quantitative estimate of drug-likeness (QED) is 0.621. The molecule has 3 rings (SSSR count). The van der Waals surface area contributed by atoms with Gasteiger partial charge in [0.15, 0.2) is 6.61 Å². The van der Waals surface area contributed by atoms with E-state index in [4.69, 9.17) is 4.74 Å². The van der Waals surface area contributed by atoms with Crippen molar-refractivity contribution >= 4 is 22.7 Å². The number of aryl methyl sites for hydroxylation is 4. The van der Waals surface area contributed by atoms with Gasteiger partial charge in [0.05, 0.1) is 0 Å². The van der Waals surface area contributed by atoms with Crippen molar-refractivity contribution in [1.82, 2.24) is 15.8 Å². The van der Waals surface area contributed by atoms with Crippen LogP contribution in [0.3, 0.4) is 0 Å². The molecule has 0 fully saturated rings. The van der Waals surface area contributed by atoms with E-state index in [2.05, 4.69) is 21.9 Å². The summed E-state index contributed by atoms with van der Waals surface area (Å²) in [6.45, 7) is 7.80. The number of ether oxygens (including phenoxy) is 1. The van der Waals surface area contributed by atoms with Crippen molar-refractivity contribution in [2.24, 2.45) is 0 Å². The molecule has 27 heavy (non-hydrogen) atoms. The van der Waals surface area contributed by atoms with Gasteiger partial charge in [0, 0.05) is 10.9 Å². The lowest BCUT2D eigenvalue weighted by Crippen LogP contribution is -2.43. The highest BCUT2D eigenvalue weighted by molar-refractivity contribution is 5.99. The largest absolute Gasteiger partial charge is 0.484 e. The number of benzene rings is 2. The van der Waals surface area contributed by atoms with Gasteiger partial charge in [0.25, 0.3) is 11.8 Å². The number of hydrogen-bond acceptors (Lipinski definition) is 3. The lowest BCUT2D eigenvalue weighted by molar-refractivity contribution is -0.123. The predicted molar refractivity (Wildman–Crippen MR) is 105 cm³/mol. The first-order chi connectivity index (χ1) is 12.8. The summed E-state index contributed by atoms with van der Waals surface area (Å²) >= 11 is 0. The maximum Gasteiger partial charge on any atom is 0.286 e. The van der Waals surface area contributed by atoms with Crippen LogP contribution in [-0.4, -0.2) is 23.4 Å². The first-order valence-electron chi connectivity index (χ1n) is 8.72. The standard InChI is InChI=1S/C21H23N3O3/c1-12-7-15(4)17-10-19(22-18(17)8-12)21(26)24-23-20(25)11-27-16-6-5-13(2)14(3)9-16/h5-10,22H,11H2,1-4H3,(H,23,25)(H,24,26). The molecule has 0 atom stereocenters. The first kappa shape index (κ1) is 18.5. The minimum atomic E-state index is -0.440. The van der Waals surface area contributed by atoms with E-state index in [0.717, 1.165) is 33.2 Å². The van der Waals surface area contributed by atoms with E-state index in [1.807, 2.05) is 52.0 Å². The third-order valence-electron chi connectivity index (χ3n) is 4.50. The molecule has 140 valence electrons. The zero-order valence-electron chi connectivity index (χ0n) is 15.9. The van der Waals surface area contributed by atoms with Crippen molar-refractivity contribution in [2.75, 3.05) is 6.61 Å². The topological polar surface area (TPSA) is 83.2 Å². The Labute approximate surface area is 157 Å². The molecule has 0 aliphatic rings. The Morgan fingerprint density at radius 1 is 0.926 bits per heavy atom. The lowest BCUT2D eigenvalue weighted by Gasteiger charge is -2.09. The average Bonchev–Trinajstić information content (AvgIpc) is 3.05. The first-order valence-corrected chi connectivity index (χ1v) is 8.72. The molecule has 6 nitrogen and oxygen atoms in total. The second-order valence-corrected chi connectivity index (χ2v) is 6.76. The van der Waals surface area contributed by atoms with Gasteiger partial charge in [-0.2, -0.15) is 0 Å². The second-order valence-electron chi connectivity index (χ2n) is 6.76. The predicted octanol–water partition coefficient (Wildman–Crippen LogP) is 3.24. The van der Waals surface area contributed by atoms with Crippen molar-refractivity contribution in [1.29, 1.82) is 0 Å². The molecule has 0 radical (unpaired) electrons. The molecule has 0 spiro atoms. The fourth-order valence-corrected chi connectivity index (χ4v) is 2.90. The van der Waals surface area contributed by atoms with Gasteiger partial charge in [-0.05, 0) is 74.2 Å². The van der Waals surface area contributed by atoms with Crippen LogP contribution in [0.4, 0.5) is 0 Å². The van der Waals surface area contributed by atoms with Crippen LogP contribution in [0.25, 0.3) is 10.9 Å². The van der Waals surface area contributed by atoms with Gasteiger partial charge in [0.1, 0.15) is 11.4 Å². The molecule has 0 saturated heterocycles. The second kappa shape index (κ2) is 7.53. The monoisotopic (exact) mass is 365 g/mol. The number of fused-ring (bicyclic) bond motifs is 1. The molecule has 0 bridgehead atoms. The average molecular weight is 365 g/mol. The van der Waals surface area contributed by atoms with Crippen LogP contribution in [0.2, 0.25) is 0 Å². The molecule has 6 heteroatoms. The summed E-state index contributed by atoms with van der Waals surface area (Å²) in [5.74, 6) is -0.242. The molecular formula is C21H23N3O3. The Bertz CT molecular complexity index is 1020.